The lowest BCUT2D eigenvalue weighted by Crippen LogP contribution is -2.40. The minimum Gasteiger partial charge on any atom is -0.344 e. The average Bonchev–Trinajstić information content (AvgIpc) is 2.87. The Balaban J connectivity index is 1.96. The van der Waals surface area contributed by atoms with Crippen molar-refractivity contribution in [2.75, 3.05) is 20.6 Å². The molecular weight excluding hydrogens is 252 g/mol. The summed E-state index contributed by atoms with van der Waals surface area (Å²) in [4.78, 5) is 14.5. The number of carbonyl (C=O) groups excluding carboxylic acids is 1. The van der Waals surface area contributed by atoms with Gasteiger partial charge in [0.05, 0.1) is 6.20 Å². The number of nitrogens with zero attached hydrogens (tertiary/aromatic N) is 3. The van der Waals surface area contributed by atoms with E-state index in [2.05, 4.69) is 10.4 Å². The van der Waals surface area contributed by atoms with Crippen molar-refractivity contribution in [3.63, 3.8) is 0 Å². The molecule has 1 aliphatic carbocycles. The van der Waals surface area contributed by atoms with Crippen molar-refractivity contribution in [3.05, 3.63) is 18.0 Å². The number of likely N-dealkylation sites (N-methyl/N-ethyl adjacent to an activating group) is 2. The zero-order valence-electron chi connectivity index (χ0n) is 12.8. The van der Waals surface area contributed by atoms with Crippen molar-refractivity contribution in [2.45, 2.75) is 38.1 Å². The molecule has 20 heavy (non-hydrogen) atoms. The van der Waals surface area contributed by atoms with Gasteiger partial charge in [-0.05, 0) is 25.8 Å². The third-order valence-electron chi connectivity index (χ3n) is 4.23. The molecule has 0 bridgehead atoms. The summed E-state index contributed by atoms with van der Waals surface area (Å²) in [6.07, 6.45) is 10.1. The van der Waals surface area contributed by atoms with Gasteiger partial charge in [0.1, 0.15) is 6.04 Å². The maximum atomic E-state index is 12.6. The lowest BCUT2D eigenvalue weighted by atomic mass is 9.89. The largest absolute Gasteiger partial charge is 0.344 e. The fourth-order valence-electron chi connectivity index (χ4n) is 3.09. The topological polar surface area (TPSA) is 50.2 Å². The summed E-state index contributed by atoms with van der Waals surface area (Å²) in [6, 6.07) is -0.294. The summed E-state index contributed by atoms with van der Waals surface area (Å²) in [6.45, 7) is 0.872. The average molecular weight is 278 g/mol. The van der Waals surface area contributed by atoms with Gasteiger partial charge in [-0.1, -0.05) is 19.3 Å². The van der Waals surface area contributed by atoms with E-state index in [0.29, 0.717) is 5.92 Å². The zero-order valence-corrected chi connectivity index (χ0v) is 12.8. The van der Waals surface area contributed by atoms with Crippen LogP contribution in [0, 0.1) is 5.92 Å². The van der Waals surface area contributed by atoms with E-state index in [1.165, 1.54) is 32.1 Å². The van der Waals surface area contributed by atoms with Crippen LogP contribution in [0.2, 0.25) is 0 Å². The molecular formula is C15H26N4O. The van der Waals surface area contributed by atoms with E-state index in [1.807, 2.05) is 32.2 Å². The minimum absolute atomic E-state index is 0.131. The molecule has 1 heterocycles. The molecule has 1 aromatic rings. The van der Waals surface area contributed by atoms with Gasteiger partial charge in [-0.2, -0.15) is 5.10 Å². The highest BCUT2D eigenvalue weighted by atomic mass is 16.2. The van der Waals surface area contributed by atoms with Gasteiger partial charge in [0, 0.05) is 32.4 Å². The molecule has 5 heteroatoms. The van der Waals surface area contributed by atoms with Crippen LogP contribution in [0.4, 0.5) is 0 Å². The Labute approximate surface area is 121 Å². The standard InChI is InChI=1S/C15H26N4O/c1-16-14(13-9-17-19(3)11-13)15(20)18(2)10-12-7-5-4-6-8-12/h9,11-12,14,16H,4-8,10H2,1-3H3. The second kappa shape index (κ2) is 6.88. The first-order chi connectivity index (χ1) is 9.61. The van der Waals surface area contributed by atoms with Gasteiger partial charge in [-0.15, -0.1) is 0 Å². The Hall–Kier alpha value is -1.36. The van der Waals surface area contributed by atoms with E-state index in [4.69, 9.17) is 0 Å². The van der Waals surface area contributed by atoms with E-state index < -0.39 is 0 Å². The molecule has 112 valence electrons. The smallest absolute Gasteiger partial charge is 0.244 e. The number of amides is 1. The summed E-state index contributed by atoms with van der Waals surface area (Å²) in [5.41, 5.74) is 0.926. The third kappa shape index (κ3) is 3.60. The number of nitrogens with one attached hydrogen (secondary N) is 1. The maximum absolute atomic E-state index is 12.6. The van der Waals surface area contributed by atoms with Gasteiger partial charge in [0.15, 0.2) is 0 Å². The zero-order chi connectivity index (χ0) is 14.5. The van der Waals surface area contributed by atoms with Crippen LogP contribution < -0.4 is 5.32 Å². The number of hydrogen-bond acceptors (Lipinski definition) is 3. The van der Waals surface area contributed by atoms with E-state index in [-0.39, 0.29) is 11.9 Å². The normalized spacial score (nSPS) is 17.9. The molecule has 0 spiro atoms. The first-order valence-electron chi connectivity index (χ1n) is 7.52. The molecule has 0 aliphatic heterocycles. The van der Waals surface area contributed by atoms with Crippen LogP contribution >= 0.6 is 0 Å². The summed E-state index contributed by atoms with van der Waals surface area (Å²) >= 11 is 0. The van der Waals surface area contributed by atoms with Gasteiger partial charge in [-0.25, -0.2) is 0 Å². The quantitative estimate of drug-likeness (QED) is 0.892. The van der Waals surface area contributed by atoms with E-state index in [9.17, 15) is 4.79 Å². The Morgan fingerprint density at radius 1 is 1.50 bits per heavy atom. The van der Waals surface area contributed by atoms with Crippen molar-refractivity contribution < 1.29 is 4.79 Å². The monoisotopic (exact) mass is 278 g/mol. The van der Waals surface area contributed by atoms with Crippen LogP contribution in [0.15, 0.2) is 12.4 Å². The molecule has 0 saturated heterocycles. The predicted molar refractivity (Wildman–Crippen MR) is 79.2 cm³/mol. The molecule has 2 rings (SSSR count). The van der Waals surface area contributed by atoms with Crippen LogP contribution in [0.25, 0.3) is 0 Å². The van der Waals surface area contributed by atoms with Crippen molar-refractivity contribution in [1.29, 1.82) is 0 Å². The molecule has 1 saturated carbocycles. The van der Waals surface area contributed by atoms with Gasteiger partial charge >= 0.3 is 0 Å². The number of rotatable bonds is 5. The second-order valence-corrected chi connectivity index (χ2v) is 5.89. The van der Waals surface area contributed by atoms with Crippen molar-refractivity contribution >= 4 is 5.91 Å². The molecule has 1 N–H and O–H groups in total. The van der Waals surface area contributed by atoms with Crippen LogP contribution in [0.5, 0.6) is 0 Å². The molecule has 5 nitrogen and oxygen atoms in total. The van der Waals surface area contributed by atoms with Crippen LogP contribution in [-0.2, 0) is 11.8 Å². The van der Waals surface area contributed by atoms with Gasteiger partial charge in [-0.3, -0.25) is 9.48 Å². The van der Waals surface area contributed by atoms with Crippen LogP contribution in [0.3, 0.4) is 0 Å². The molecule has 1 aromatic heterocycles. The SMILES string of the molecule is CNC(C(=O)N(C)CC1CCCCC1)c1cnn(C)c1. The van der Waals surface area contributed by atoms with Crippen LogP contribution in [0.1, 0.15) is 43.7 Å². The van der Waals surface area contributed by atoms with Gasteiger partial charge < -0.3 is 10.2 Å². The molecule has 1 aliphatic rings. The minimum atomic E-state index is -0.294. The molecule has 1 unspecified atom stereocenters. The number of hydrogen-bond donors (Lipinski definition) is 1. The molecule has 0 aromatic carbocycles. The fraction of sp³-hybridized carbons (Fsp3) is 0.733. The first-order valence-corrected chi connectivity index (χ1v) is 7.52. The second-order valence-electron chi connectivity index (χ2n) is 5.89. The highest BCUT2D eigenvalue weighted by Gasteiger charge is 2.25. The summed E-state index contributed by atoms with van der Waals surface area (Å²) in [7, 11) is 5.61. The van der Waals surface area contributed by atoms with E-state index in [1.54, 1.807) is 10.9 Å². The maximum Gasteiger partial charge on any atom is 0.244 e. The molecule has 1 amide bonds. The highest BCUT2D eigenvalue weighted by molar-refractivity contribution is 5.82. The van der Waals surface area contributed by atoms with Gasteiger partial charge in [0.25, 0.3) is 0 Å². The molecule has 1 fully saturated rings. The highest BCUT2D eigenvalue weighted by Crippen LogP contribution is 2.25. The summed E-state index contributed by atoms with van der Waals surface area (Å²) in [5, 5.41) is 7.25. The van der Waals surface area contributed by atoms with E-state index >= 15 is 0 Å². The Bertz CT molecular complexity index is 437. The summed E-state index contributed by atoms with van der Waals surface area (Å²) in [5.74, 6) is 0.801. The third-order valence-corrected chi connectivity index (χ3v) is 4.23. The predicted octanol–water partition coefficient (Wildman–Crippen LogP) is 1.72. The lowest BCUT2D eigenvalue weighted by Gasteiger charge is -2.29. The van der Waals surface area contributed by atoms with Gasteiger partial charge in [0.2, 0.25) is 5.91 Å². The number of aryl methyl sites for hydroxylation is 1. The fourth-order valence-corrected chi connectivity index (χ4v) is 3.09. The van der Waals surface area contributed by atoms with Crippen molar-refractivity contribution in [2.24, 2.45) is 13.0 Å². The first kappa shape index (κ1) is 15.0. The summed E-state index contributed by atoms with van der Waals surface area (Å²) < 4.78 is 1.73. The Morgan fingerprint density at radius 3 is 2.75 bits per heavy atom. The Morgan fingerprint density at radius 2 is 2.20 bits per heavy atom. The van der Waals surface area contributed by atoms with Crippen molar-refractivity contribution in [3.8, 4) is 0 Å². The molecule has 0 radical (unpaired) electrons. The lowest BCUT2D eigenvalue weighted by molar-refractivity contribution is -0.132. The molecule has 1 atom stereocenters. The Kier molecular flexibility index (Phi) is 5.17. The van der Waals surface area contributed by atoms with Crippen molar-refractivity contribution in [1.82, 2.24) is 20.0 Å². The van der Waals surface area contributed by atoms with E-state index in [0.717, 1.165) is 12.1 Å². The van der Waals surface area contributed by atoms with Crippen LogP contribution in [-0.4, -0.2) is 41.2 Å². The number of carbonyl (C=O) groups is 1. The number of aromatic nitrogens is 2.